The van der Waals surface area contributed by atoms with Gasteiger partial charge in [0.15, 0.2) is 10.8 Å². The third-order valence-corrected chi connectivity index (χ3v) is 3.51. The highest BCUT2D eigenvalue weighted by Crippen LogP contribution is 2.20. The molecule has 144 valence electrons. The number of ether oxygens (including phenoxy) is 1. The van der Waals surface area contributed by atoms with Crippen molar-refractivity contribution in [3.63, 3.8) is 0 Å². The van der Waals surface area contributed by atoms with Crippen molar-refractivity contribution >= 4 is 41.2 Å². The molecular weight excluding hydrogens is 363 g/mol. The van der Waals surface area contributed by atoms with Gasteiger partial charge in [-0.15, -0.1) is 0 Å². The number of aromatic nitrogens is 1. The monoisotopic (exact) mass is 386 g/mol. The Morgan fingerprint density at radius 3 is 2.42 bits per heavy atom. The molecule has 0 spiro atoms. The van der Waals surface area contributed by atoms with E-state index in [0.717, 1.165) is 11.3 Å². The summed E-state index contributed by atoms with van der Waals surface area (Å²) in [5.74, 6) is -1.41. The maximum absolute atomic E-state index is 12.3. The third kappa shape index (κ3) is 6.98. The summed E-state index contributed by atoms with van der Waals surface area (Å²) in [5.41, 5.74) is 3.17. The molecular formula is C14H23BN4O6S. The Labute approximate surface area is 155 Å². The van der Waals surface area contributed by atoms with E-state index in [-0.39, 0.29) is 15.7 Å². The normalized spacial score (nSPS) is 12.5. The summed E-state index contributed by atoms with van der Waals surface area (Å²) in [6.45, 7) is 8.02. The van der Waals surface area contributed by atoms with Crippen LogP contribution in [0.2, 0.25) is 0 Å². The first-order valence-electron chi connectivity index (χ1n) is 7.67. The van der Waals surface area contributed by atoms with E-state index in [1.54, 1.807) is 20.8 Å². The lowest BCUT2D eigenvalue weighted by Crippen LogP contribution is -2.41. The number of nitrogens with two attached hydrogens (primary N) is 1. The summed E-state index contributed by atoms with van der Waals surface area (Å²) in [6.07, 6.45) is 0.902. The number of rotatable bonds is 7. The number of thiazole rings is 1. The molecule has 10 nitrogen and oxygen atoms in total. The Morgan fingerprint density at radius 2 is 1.96 bits per heavy atom. The zero-order valence-electron chi connectivity index (χ0n) is 15.3. The van der Waals surface area contributed by atoms with Crippen LogP contribution in [0.4, 0.5) is 5.13 Å². The summed E-state index contributed by atoms with van der Waals surface area (Å²) in [7, 11) is -1.73. The first kappa shape index (κ1) is 21.9. The van der Waals surface area contributed by atoms with E-state index in [0.29, 0.717) is 0 Å². The first-order chi connectivity index (χ1) is 11.8. The minimum Gasteiger partial charge on any atom is -0.457 e. The van der Waals surface area contributed by atoms with Gasteiger partial charge in [-0.05, 0) is 34.6 Å². The predicted molar refractivity (Wildman–Crippen MR) is 97.3 cm³/mol. The van der Waals surface area contributed by atoms with Gasteiger partial charge in [0.1, 0.15) is 5.60 Å². The smallest absolute Gasteiger partial charge is 0.457 e. The summed E-state index contributed by atoms with van der Waals surface area (Å²) in [4.78, 5) is 33.8. The van der Waals surface area contributed by atoms with Crippen LogP contribution >= 0.6 is 11.3 Å². The van der Waals surface area contributed by atoms with E-state index in [2.05, 4.69) is 15.5 Å². The highest BCUT2D eigenvalue weighted by atomic mass is 32.1. The van der Waals surface area contributed by atoms with Gasteiger partial charge < -0.3 is 30.7 Å². The Morgan fingerprint density at radius 1 is 1.35 bits per heavy atom. The maximum atomic E-state index is 12.3. The van der Waals surface area contributed by atoms with Crippen LogP contribution < -0.4 is 11.1 Å². The van der Waals surface area contributed by atoms with Gasteiger partial charge in [-0.25, -0.2) is 9.78 Å². The number of amides is 1. The van der Waals surface area contributed by atoms with E-state index in [1.165, 1.54) is 20.0 Å². The molecule has 26 heavy (non-hydrogen) atoms. The number of nitrogens with zero attached hydrogens (tertiary/aromatic N) is 2. The molecule has 0 atom stereocenters. The summed E-state index contributed by atoms with van der Waals surface area (Å²) in [5, 5.41) is 24.0. The molecule has 12 heteroatoms. The van der Waals surface area contributed by atoms with Crippen molar-refractivity contribution in [1.29, 1.82) is 0 Å². The fourth-order valence-electron chi connectivity index (χ4n) is 1.46. The number of carbonyl (C=O) groups excluding carboxylic acids is 2. The van der Waals surface area contributed by atoms with Gasteiger partial charge in [0.05, 0.1) is 11.3 Å². The molecule has 1 amide bonds. The fraction of sp³-hybridized carbons (Fsp3) is 0.571. The Kier molecular flexibility index (Phi) is 7.12. The molecule has 1 aromatic rings. The van der Waals surface area contributed by atoms with E-state index in [4.69, 9.17) is 25.4 Å². The summed E-state index contributed by atoms with van der Waals surface area (Å²) < 4.78 is 5.25. The minimum absolute atomic E-state index is 0.203. The molecule has 1 rings (SSSR count). The predicted octanol–water partition coefficient (Wildman–Crippen LogP) is -0.305. The Hall–Kier alpha value is -2.18. The van der Waals surface area contributed by atoms with Crippen molar-refractivity contribution in [3.8, 4) is 0 Å². The zero-order chi connectivity index (χ0) is 20.1. The van der Waals surface area contributed by atoms with Crippen LogP contribution in [0.25, 0.3) is 0 Å². The second-order valence-electron chi connectivity index (χ2n) is 6.80. The molecule has 0 saturated carbocycles. The highest BCUT2D eigenvalue weighted by molar-refractivity contribution is 7.18. The van der Waals surface area contributed by atoms with Gasteiger partial charge in [0, 0.05) is 6.20 Å². The van der Waals surface area contributed by atoms with Crippen LogP contribution in [0.15, 0.2) is 11.4 Å². The number of esters is 1. The average molecular weight is 386 g/mol. The quantitative estimate of drug-likeness (QED) is 0.215. The summed E-state index contributed by atoms with van der Waals surface area (Å²) in [6, 6.07) is 0. The van der Waals surface area contributed by atoms with Gasteiger partial charge in [-0.2, -0.15) is 0 Å². The second kappa shape index (κ2) is 8.47. The van der Waals surface area contributed by atoms with Crippen molar-refractivity contribution in [2.24, 2.45) is 5.16 Å². The Bertz CT molecular complexity index is 683. The molecule has 0 saturated heterocycles. The summed E-state index contributed by atoms with van der Waals surface area (Å²) >= 11 is 0.981. The molecule has 0 radical (unpaired) electrons. The lowest BCUT2D eigenvalue weighted by Gasteiger charge is -2.26. The van der Waals surface area contributed by atoms with Gasteiger partial charge in [0.25, 0.3) is 5.91 Å². The topological polar surface area (TPSA) is 156 Å². The van der Waals surface area contributed by atoms with E-state index >= 15 is 0 Å². The van der Waals surface area contributed by atoms with Gasteiger partial charge in [0.2, 0.25) is 5.60 Å². The number of nitrogens with one attached hydrogen (secondary N) is 1. The molecule has 0 aromatic carbocycles. The van der Waals surface area contributed by atoms with Crippen molar-refractivity contribution in [2.75, 3.05) is 12.2 Å². The number of anilines is 1. The zero-order valence-corrected chi connectivity index (χ0v) is 16.1. The van der Waals surface area contributed by atoms with Gasteiger partial charge in [-0.1, -0.05) is 16.5 Å². The molecule has 5 N–H and O–H groups in total. The number of hydrogen-bond donors (Lipinski definition) is 4. The van der Waals surface area contributed by atoms with E-state index in [9.17, 15) is 9.59 Å². The standard InChI is InChI=1S/C14H23BN4O6S/c1-13(2,3)24-11(21)14(4,5)25-19-9(8-6-17-12(16)26-8)10(20)18-7-15(22)23/h6,22-23H,7H2,1-5H3,(H2,16,17)(H,18,20)/b19-9+. The van der Waals surface area contributed by atoms with Crippen LogP contribution in [0.5, 0.6) is 0 Å². The second-order valence-corrected chi connectivity index (χ2v) is 7.86. The van der Waals surface area contributed by atoms with Crippen LogP contribution in [0, 0.1) is 0 Å². The lowest BCUT2D eigenvalue weighted by atomic mass is 9.92. The molecule has 0 unspecified atom stereocenters. The number of oxime groups is 1. The van der Waals surface area contributed by atoms with Crippen LogP contribution in [0.1, 0.15) is 39.5 Å². The molecule has 0 aliphatic heterocycles. The number of carbonyl (C=O) groups is 2. The molecule has 0 bridgehead atoms. The largest absolute Gasteiger partial charge is 0.472 e. The number of nitrogen functional groups attached to an aromatic ring is 1. The minimum atomic E-state index is -1.73. The molecule has 0 fully saturated rings. The Balaban J connectivity index is 3.02. The van der Waals surface area contributed by atoms with Crippen LogP contribution in [-0.2, 0) is 19.2 Å². The molecule has 0 aliphatic carbocycles. The first-order valence-corrected chi connectivity index (χ1v) is 8.49. The molecule has 1 aromatic heterocycles. The fourth-order valence-corrected chi connectivity index (χ4v) is 2.12. The van der Waals surface area contributed by atoms with Gasteiger partial charge >= 0.3 is 13.1 Å². The van der Waals surface area contributed by atoms with Crippen molar-refractivity contribution < 1.29 is 29.2 Å². The third-order valence-electron chi connectivity index (χ3n) is 2.67. The average Bonchev–Trinajstić information content (AvgIpc) is 2.89. The van der Waals surface area contributed by atoms with Crippen molar-refractivity contribution in [1.82, 2.24) is 10.3 Å². The van der Waals surface area contributed by atoms with E-state index in [1.807, 2.05) is 0 Å². The molecule has 1 heterocycles. The SMILES string of the molecule is CC(C)(C)OC(=O)C(C)(C)O/N=C(/C(=O)NCB(O)O)c1cnc(N)s1. The van der Waals surface area contributed by atoms with Crippen molar-refractivity contribution in [2.45, 2.75) is 45.8 Å². The lowest BCUT2D eigenvalue weighted by molar-refractivity contribution is -0.179. The maximum Gasteiger partial charge on any atom is 0.472 e. The van der Waals surface area contributed by atoms with Crippen LogP contribution in [-0.4, -0.2) is 57.4 Å². The highest BCUT2D eigenvalue weighted by Gasteiger charge is 2.36. The van der Waals surface area contributed by atoms with Gasteiger partial charge in [-0.3, -0.25) is 4.79 Å². The molecule has 0 aliphatic rings. The number of hydrogen-bond acceptors (Lipinski definition) is 10. The van der Waals surface area contributed by atoms with Crippen LogP contribution in [0.3, 0.4) is 0 Å². The van der Waals surface area contributed by atoms with Crippen molar-refractivity contribution in [3.05, 3.63) is 11.1 Å². The van der Waals surface area contributed by atoms with E-state index < -0.39 is 36.6 Å².